The largest absolute Gasteiger partial charge is 0.394 e. The zero-order valence-corrected chi connectivity index (χ0v) is 11.8. The molecule has 1 aromatic carbocycles. The van der Waals surface area contributed by atoms with Crippen molar-refractivity contribution in [3.05, 3.63) is 42.5 Å². The van der Waals surface area contributed by atoms with E-state index in [-0.39, 0.29) is 12.6 Å². The molecule has 0 aliphatic rings. The average molecular weight is 292 g/mol. The summed E-state index contributed by atoms with van der Waals surface area (Å²) in [4.78, 5) is 13.4. The summed E-state index contributed by atoms with van der Waals surface area (Å²) < 4.78 is 15.0. The van der Waals surface area contributed by atoms with E-state index in [1.54, 1.807) is 32.4 Å². The monoisotopic (exact) mass is 292 g/mol. The minimum absolute atomic E-state index is 0.154. The smallest absolute Gasteiger partial charge is 0.321 e. The first-order valence-electron chi connectivity index (χ1n) is 6.47. The van der Waals surface area contributed by atoms with Crippen molar-refractivity contribution in [1.82, 2.24) is 14.7 Å². The van der Waals surface area contributed by atoms with E-state index in [4.69, 9.17) is 5.11 Å². The number of amides is 2. The second kappa shape index (κ2) is 6.36. The lowest BCUT2D eigenvalue weighted by Crippen LogP contribution is -2.40. The van der Waals surface area contributed by atoms with Gasteiger partial charge in [-0.3, -0.25) is 0 Å². The van der Waals surface area contributed by atoms with Crippen molar-refractivity contribution < 1.29 is 14.3 Å². The number of halogens is 1. The van der Waals surface area contributed by atoms with Crippen LogP contribution in [0.3, 0.4) is 0 Å². The van der Waals surface area contributed by atoms with Gasteiger partial charge < -0.3 is 15.3 Å². The Kier molecular flexibility index (Phi) is 4.54. The lowest BCUT2D eigenvalue weighted by atomic mass is 10.2. The lowest BCUT2D eigenvalue weighted by Gasteiger charge is -2.24. The Morgan fingerprint density at radius 2 is 2.33 bits per heavy atom. The Labute approximate surface area is 121 Å². The normalized spacial score (nSPS) is 12.0. The second-order valence-corrected chi connectivity index (χ2v) is 4.68. The van der Waals surface area contributed by atoms with E-state index in [1.165, 1.54) is 27.8 Å². The maximum absolute atomic E-state index is 13.4. The van der Waals surface area contributed by atoms with Gasteiger partial charge in [-0.25, -0.2) is 13.9 Å². The summed E-state index contributed by atoms with van der Waals surface area (Å²) in [5.41, 5.74) is 0.862. The fraction of sp³-hybridized carbons (Fsp3) is 0.286. The fourth-order valence-corrected chi connectivity index (χ4v) is 1.75. The molecule has 21 heavy (non-hydrogen) atoms. The van der Waals surface area contributed by atoms with Gasteiger partial charge in [-0.15, -0.1) is 0 Å². The van der Waals surface area contributed by atoms with Crippen molar-refractivity contribution in [2.24, 2.45) is 0 Å². The molecule has 1 unspecified atom stereocenters. The number of nitrogens with zero attached hydrogens (tertiary/aromatic N) is 3. The molecule has 0 aliphatic heterocycles. The molecule has 0 radical (unpaired) electrons. The van der Waals surface area contributed by atoms with Crippen LogP contribution in [0.4, 0.5) is 14.9 Å². The number of hydrogen-bond donors (Lipinski definition) is 2. The summed E-state index contributed by atoms with van der Waals surface area (Å²) in [7, 11) is 1.56. The van der Waals surface area contributed by atoms with E-state index in [1.807, 2.05) is 0 Å². The number of rotatable bonds is 4. The van der Waals surface area contributed by atoms with Crippen molar-refractivity contribution in [2.75, 3.05) is 19.0 Å². The van der Waals surface area contributed by atoms with Crippen LogP contribution in [0.25, 0.3) is 5.69 Å². The number of hydrogen-bond acceptors (Lipinski definition) is 3. The number of likely N-dealkylation sites (N-methyl/N-ethyl adjacent to an activating group) is 1. The highest BCUT2D eigenvalue weighted by atomic mass is 19.1. The summed E-state index contributed by atoms with van der Waals surface area (Å²) in [5.74, 6) is -0.459. The van der Waals surface area contributed by atoms with Crippen LogP contribution in [0.2, 0.25) is 0 Å². The third-order valence-corrected chi connectivity index (χ3v) is 3.20. The fourth-order valence-electron chi connectivity index (χ4n) is 1.75. The highest BCUT2D eigenvalue weighted by Gasteiger charge is 2.17. The second-order valence-electron chi connectivity index (χ2n) is 4.68. The van der Waals surface area contributed by atoms with Crippen LogP contribution in [0.5, 0.6) is 0 Å². The summed E-state index contributed by atoms with van der Waals surface area (Å²) in [6.07, 6.45) is 3.29. The molecule has 0 spiro atoms. The third kappa shape index (κ3) is 3.38. The first kappa shape index (κ1) is 15.0. The maximum atomic E-state index is 13.4. The van der Waals surface area contributed by atoms with Gasteiger partial charge in [0.15, 0.2) is 0 Å². The number of aromatic nitrogens is 2. The molecule has 2 amide bonds. The topological polar surface area (TPSA) is 70.4 Å². The molecule has 2 N–H and O–H groups in total. The Balaban J connectivity index is 2.27. The van der Waals surface area contributed by atoms with Gasteiger partial charge >= 0.3 is 6.03 Å². The molecule has 0 saturated carbocycles. The highest BCUT2D eigenvalue weighted by molar-refractivity contribution is 5.91. The van der Waals surface area contributed by atoms with E-state index in [2.05, 4.69) is 10.4 Å². The van der Waals surface area contributed by atoms with E-state index < -0.39 is 11.8 Å². The molecule has 2 aromatic rings. The van der Waals surface area contributed by atoms with Gasteiger partial charge in [-0.05, 0) is 31.2 Å². The van der Waals surface area contributed by atoms with Gasteiger partial charge in [0.1, 0.15) is 5.82 Å². The molecule has 7 heteroatoms. The predicted octanol–water partition coefficient (Wildman–Crippen LogP) is 1.86. The number of nitrogens with one attached hydrogen (secondary N) is 1. The summed E-state index contributed by atoms with van der Waals surface area (Å²) in [6.45, 7) is 1.55. The quantitative estimate of drug-likeness (QED) is 0.903. The van der Waals surface area contributed by atoms with Crippen LogP contribution in [0, 0.1) is 5.82 Å². The molecule has 0 saturated heterocycles. The van der Waals surface area contributed by atoms with Gasteiger partial charge in [0, 0.05) is 19.4 Å². The maximum Gasteiger partial charge on any atom is 0.321 e. The van der Waals surface area contributed by atoms with Crippen molar-refractivity contribution >= 4 is 11.7 Å². The summed E-state index contributed by atoms with van der Waals surface area (Å²) in [5, 5.41) is 15.8. The number of carbonyl (C=O) groups excluding carboxylic acids is 1. The molecule has 1 heterocycles. The zero-order valence-electron chi connectivity index (χ0n) is 11.8. The van der Waals surface area contributed by atoms with E-state index in [0.717, 1.165) is 0 Å². The molecule has 0 bridgehead atoms. The molecule has 6 nitrogen and oxygen atoms in total. The Morgan fingerprint density at radius 1 is 1.57 bits per heavy atom. The Morgan fingerprint density at radius 3 is 2.95 bits per heavy atom. The van der Waals surface area contributed by atoms with E-state index in [9.17, 15) is 9.18 Å². The minimum atomic E-state index is -0.459. The van der Waals surface area contributed by atoms with Gasteiger partial charge in [-0.2, -0.15) is 5.10 Å². The number of aliphatic hydroxyl groups is 1. The van der Waals surface area contributed by atoms with E-state index >= 15 is 0 Å². The van der Waals surface area contributed by atoms with Crippen LogP contribution in [0.1, 0.15) is 6.92 Å². The number of benzene rings is 1. The lowest BCUT2D eigenvalue weighted by molar-refractivity contribution is 0.166. The van der Waals surface area contributed by atoms with Gasteiger partial charge in [-0.1, -0.05) is 0 Å². The number of anilines is 1. The first-order chi connectivity index (χ1) is 10.0. The van der Waals surface area contributed by atoms with Crippen molar-refractivity contribution in [3.63, 3.8) is 0 Å². The van der Waals surface area contributed by atoms with Crippen LogP contribution in [-0.2, 0) is 0 Å². The van der Waals surface area contributed by atoms with Crippen molar-refractivity contribution in [2.45, 2.75) is 13.0 Å². The first-order valence-corrected chi connectivity index (χ1v) is 6.47. The average Bonchev–Trinajstić information content (AvgIpc) is 2.99. The number of urea groups is 1. The standard InChI is InChI=1S/C14H17FN4O2/c1-10(9-20)18(2)14(21)17-12-8-11(15)4-5-13(12)19-7-3-6-16-19/h3-8,10,20H,9H2,1-2H3,(H,17,21). The van der Waals surface area contributed by atoms with Crippen molar-refractivity contribution in [1.29, 1.82) is 0 Å². The Hall–Kier alpha value is -2.41. The molecule has 0 fully saturated rings. The molecule has 0 aliphatic carbocycles. The van der Waals surface area contributed by atoms with E-state index in [0.29, 0.717) is 11.4 Å². The van der Waals surface area contributed by atoms with Gasteiger partial charge in [0.25, 0.3) is 0 Å². The molecular formula is C14H17FN4O2. The molecule has 1 atom stereocenters. The van der Waals surface area contributed by atoms with Crippen LogP contribution < -0.4 is 5.32 Å². The number of carbonyl (C=O) groups is 1. The van der Waals surface area contributed by atoms with Gasteiger partial charge in [0.2, 0.25) is 0 Å². The van der Waals surface area contributed by atoms with Crippen molar-refractivity contribution in [3.8, 4) is 5.69 Å². The summed E-state index contributed by atoms with van der Waals surface area (Å²) >= 11 is 0. The molecular weight excluding hydrogens is 275 g/mol. The molecule has 112 valence electrons. The molecule has 2 rings (SSSR count). The Bertz CT molecular complexity index is 615. The zero-order chi connectivity index (χ0) is 15.4. The highest BCUT2D eigenvalue weighted by Crippen LogP contribution is 2.21. The molecule has 1 aromatic heterocycles. The van der Waals surface area contributed by atoms with Crippen LogP contribution in [0.15, 0.2) is 36.7 Å². The minimum Gasteiger partial charge on any atom is -0.394 e. The van der Waals surface area contributed by atoms with Gasteiger partial charge in [0.05, 0.1) is 24.0 Å². The van der Waals surface area contributed by atoms with Crippen LogP contribution in [-0.4, -0.2) is 45.5 Å². The van der Waals surface area contributed by atoms with Crippen LogP contribution >= 0.6 is 0 Å². The predicted molar refractivity (Wildman–Crippen MR) is 76.9 cm³/mol. The number of aliphatic hydroxyl groups excluding tert-OH is 1. The third-order valence-electron chi connectivity index (χ3n) is 3.20. The summed E-state index contributed by atoms with van der Waals surface area (Å²) in [6, 6.07) is 5.02. The SMILES string of the molecule is CC(CO)N(C)C(=O)Nc1cc(F)ccc1-n1cccn1.